The average Bonchev–Trinajstić information content (AvgIpc) is 3.14. The van der Waals surface area contributed by atoms with Crippen molar-refractivity contribution in [3.63, 3.8) is 0 Å². The summed E-state index contributed by atoms with van der Waals surface area (Å²) in [5.41, 5.74) is 2.14. The summed E-state index contributed by atoms with van der Waals surface area (Å²) in [7, 11) is 0. The lowest BCUT2D eigenvalue weighted by Gasteiger charge is -2.16. The standard InChI is InChI=1S/C16H17N3O3/c1-11-9-14(18-22-11)16(21)17-10-12-4-6-13(7-5-12)19-8-2-3-15(19)20/h4-7,9H,2-3,8,10H2,1H3,(H,17,21). The summed E-state index contributed by atoms with van der Waals surface area (Å²) in [4.78, 5) is 25.3. The lowest BCUT2D eigenvalue weighted by molar-refractivity contribution is -0.117. The molecule has 0 unspecified atom stereocenters. The monoisotopic (exact) mass is 299 g/mol. The Kier molecular flexibility index (Phi) is 3.91. The molecule has 0 saturated carbocycles. The number of anilines is 1. The zero-order valence-corrected chi connectivity index (χ0v) is 12.3. The van der Waals surface area contributed by atoms with Crippen molar-refractivity contribution >= 4 is 17.5 Å². The summed E-state index contributed by atoms with van der Waals surface area (Å²) in [5, 5.41) is 6.46. The van der Waals surface area contributed by atoms with Gasteiger partial charge in [-0.05, 0) is 31.0 Å². The van der Waals surface area contributed by atoms with E-state index in [1.807, 2.05) is 24.3 Å². The second-order valence-corrected chi connectivity index (χ2v) is 5.32. The molecule has 2 aromatic rings. The van der Waals surface area contributed by atoms with Crippen molar-refractivity contribution in [2.24, 2.45) is 0 Å². The molecule has 3 rings (SSSR count). The Morgan fingerprint density at radius 1 is 1.36 bits per heavy atom. The zero-order valence-electron chi connectivity index (χ0n) is 12.3. The van der Waals surface area contributed by atoms with E-state index in [1.54, 1.807) is 17.9 Å². The van der Waals surface area contributed by atoms with Crippen molar-refractivity contribution < 1.29 is 14.1 Å². The molecule has 0 spiro atoms. The van der Waals surface area contributed by atoms with E-state index in [0.717, 1.165) is 24.2 Å². The fraction of sp³-hybridized carbons (Fsp3) is 0.312. The molecule has 0 atom stereocenters. The maximum Gasteiger partial charge on any atom is 0.273 e. The number of nitrogens with one attached hydrogen (secondary N) is 1. The van der Waals surface area contributed by atoms with Gasteiger partial charge in [0.2, 0.25) is 5.91 Å². The van der Waals surface area contributed by atoms with E-state index in [2.05, 4.69) is 10.5 Å². The second-order valence-electron chi connectivity index (χ2n) is 5.32. The highest BCUT2D eigenvalue weighted by atomic mass is 16.5. The molecule has 2 heterocycles. The molecule has 1 N–H and O–H groups in total. The van der Waals surface area contributed by atoms with Crippen LogP contribution in [0.2, 0.25) is 0 Å². The van der Waals surface area contributed by atoms with Crippen molar-refractivity contribution in [2.45, 2.75) is 26.3 Å². The lowest BCUT2D eigenvalue weighted by atomic mass is 10.2. The van der Waals surface area contributed by atoms with E-state index in [0.29, 0.717) is 18.7 Å². The molecular weight excluding hydrogens is 282 g/mol. The Hall–Kier alpha value is -2.63. The van der Waals surface area contributed by atoms with Crippen LogP contribution in [0.4, 0.5) is 5.69 Å². The summed E-state index contributed by atoms with van der Waals surface area (Å²) >= 11 is 0. The first-order valence-corrected chi connectivity index (χ1v) is 7.24. The van der Waals surface area contributed by atoms with Gasteiger partial charge in [-0.1, -0.05) is 17.3 Å². The number of aromatic nitrogens is 1. The molecule has 6 heteroatoms. The highest BCUT2D eigenvalue weighted by Crippen LogP contribution is 2.21. The van der Waals surface area contributed by atoms with Crippen molar-refractivity contribution in [3.05, 3.63) is 47.3 Å². The third-order valence-electron chi connectivity index (χ3n) is 3.64. The van der Waals surface area contributed by atoms with Gasteiger partial charge in [0.1, 0.15) is 5.76 Å². The number of rotatable bonds is 4. The van der Waals surface area contributed by atoms with Crippen LogP contribution in [0, 0.1) is 6.92 Å². The Balaban J connectivity index is 1.59. The largest absolute Gasteiger partial charge is 0.361 e. The molecule has 1 aliphatic rings. The first-order valence-electron chi connectivity index (χ1n) is 7.24. The number of amides is 2. The van der Waals surface area contributed by atoms with Crippen LogP contribution in [0.1, 0.15) is 34.7 Å². The van der Waals surface area contributed by atoms with Crippen LogP contribution in [0.3, 0.4) is 0 Å². The summed E-state index contributed by atoms with van der Waals surface area (Å²) in [6.07, 6.45) is 1.53. The quantitative estimate of drug-likeness (QED) is 0.937. The van der Waals surface area contributed by atoms with Crippen LogP contribution >= 0.6 is 0 Å². The van der Waals surface area contributed by atoms with Gasteiger partial charge >= 0.3 is 0 Å². The Morgan fingerprint density at radius 2 is 2.14 bits per heavy atom. The number of benzene rings is 1. The minimum absolute atomic E-state index is 0.169. The van der Waals surface area contributed by atoms with Gasteiger partial charge in [0.05, 0.1) is 0 Å². The van der Waals surface area contributed by atoms with E-state index in [-0.39, 0.29) is 17.5 Å². The summed E-state index contributed by atoms with van der Waals surface area (Å²) in [5.74, 6) is 0.503. The van der Waals surface area contributed by atoms with Crippen LogP contribution in [-0.2, 0) is 11.3 Å². The average molecular weight is 299 g/mol. The first-order chi connectivity index (χ1) is 10.6. The predicted octanol–water partition coefficient (Wildman–Crippen LogP) is 2.04. The van der Waals surface area contributed by atoms with Crippen LogP contribution in [0.25, 0.3) is 0 Å². The summed E-state index contributed by atoms with van der Waals surface area (Å²) < 4.78 is 4.87. The molecule has 1 fully saturated rings. The lowest BCUT2D eigenvalue weighted by Crippen LogP contribution is -2.24. The molecule has 1 aromatic heterocycles. The van der Waals surface area contributed by atoms with Crippen molar-refractivity contribution in [2.75, 3.05) is 11.4 Å². The third kappa shape index (κ3) is 3.00. The van der Waals surface area contributed by atoms with E-state index in [1.165, 1.54) is 0 Å². The van der Waals surface area contributed by atoms with Gasteiger partial charge in [-0.3, -0.25) is 9.59 Å². The molecule has 1 saturated heterocycles. The molecule has 2 amide bonds. The van der Waals surface area contributed by atoms with Gasteiger partial charge in [-0.25, -0.2) is 0 Å². The smallest absolute Gasteiger partial charge is 0.273 e. The number of carbonyl (C=O) groups is 2. The van der Waals surface area contributed by atoms with Crippen LogP contribution in [-0.4, -0.2) is 23.5 Å². The normalized spacial score (nSPS) is 14.4. The number of nitrogens with zero attached hydrogens (tertiary/aromatic N) is 2. The maximum atomic E-state index is 11.9. The number of hydrogen-bond acceptors (Lipinski definition) is 4. The van der Waals surface area contributed by atoms with E-state index in [4.69, 9.17) is 4.52 Å². The Bertz CT molecular complexity index is 691. The molecule has 0 aliphatic carbocycles. The zero-order chi connectivity index (χ0) is 15.5. The minimum Gasteiger partial charge on any atom is -0.361 e. The SMILES string of the molecule is Cc1cc(C(=O)NCc2ccc(N3CCCC3=O)cc2)no1. The number of hydrogen-bond donors (Lipinski definition) is 1. The number of aryl methyl sites for hydroxylation is 1. The Morgan fingerprint density at radius 3 is 2.73 bits per heavy atom. The van der Waals surface area contributed by atoms with E-state index >= 15 is 0 Å². The van der Waals surface area contributed by atoms with Gasteiger partial charge in [-0.2, -0.15) is 0 Å². The minimum atomic E-state index is -0.268. The van der Waals surface area contributed by atoms with Gasteiger partial charge in [0, 0.05) is 31.3 Å². The second kappa shape index (κ2) is 6.01. The highest BCUT2D eigenvalue weighted by molar-refractivity contribution is 5.95. The number of carbonyl (C=O) groups excluding carboxylic acids is 2. The predicted molar refractivity (Wildman–Crippen MR) is 80.4 cm³/mol. The molecule has 1 aromatic carbocycles. The molecule has 114 valence electrons. The first kappa shape index (κ1) is 14.3. The highest BCUT2D eigenvalue weighted by Gasteiger charge is 2.21. The van der Waals surface area contributed by atoms with Gasteiger partial charge < -0.3 is 14.7 Å². The molecular formula is C16H17N3O3. The van der Waals surface area contributed by atoms with Gasteiger partial charge in [0.15, 0.2) is 5.69 Å². The maximum absolute atomic E-state index is 11.9. The van der Waals surface area contributed by atoms with Gasteiger partial charge in [-0.15, -0.1) is 0 Å². The molecule has 6 nitrogen and oxygen atoms in total. The fourth-order valence-electron chi connectivity index (χ4n) is 2.46. The molecule has 0 radical (unpaired) electrons. The van der Waals surface area contributed by atoms with E-state index in [9.17, 15) is 9.59 Å². The Labute approximate surface area is 128 Å². The van der Waals surface area contributed by atoms with Crippen LogP contribution in [0.15, 0.2) is 34.9 Å². The van der Waals surface area contributed by atoms with E-state index < -0.39 is 0 Å². The summed E-state index contributed by atoms with van der Waals surface area (Å²) in [6.45, 7) is 2.92. The fourth-order valence-corrected chi connectivity index (χ4v) is 2.46. The molecule has 1 aliphatic heterocycles. The summed E-state index contributed by atoms with van der Waals surface area (Å²) in [6, 6.07) is 9.23. The molecule has 22 heavy (non-hydrogen) atoms. The van der Waals surface area contributed by atoms with Crippen LogP contribution in [0.5, 0.6) is 0 Å². The topological polar surface area (TPSA) is 75.4 Å². The third-order valence-corrected chi connectivity index (χ3v) is 3.64. The van der Waals surface area contributed by atoms with Crippen molar-refractivity contribution in [1.29, 1.82) is 0 Å². The van der Waals surface area contributed by atoms with Crippen molar-refractivity contribution in [1.82, 2.24) is 10.5 Å². The van der Waals surface area contributed by atoms with Crippen LogP contribution < -0.4 is 10.2 Å². The molecule has 0 bridgehead atoms. The van der Waals surface area contributed by atoms with Gasteiger partial charge in [0.25, 0.3) is 5.91 Å². The van der Waals surface area contributed by atoms with Crippen molar-refractivity contribution in [3.8, 4) is 0 Å².